The molecule has 9 nitrogen and oxygen atoms in total. The minimum Gasteiger partial charge on any atom is -0.375 e. The summed E-state index contributed by atoms with van der Waals surface area (Å²) in [6, 6.07) is 7.52. The first-order valence-electron chi connectivity index (χ1n) is 11.5. The van der Waals surface area contributed by atoms with E-state index in [0.717, 1.165) is 46.4 Å². The van der Waals surface area contributed by atoms with E-state index in [1.165, 1.54) is 27.7 Å². The summed E-state index contributed by atoms with van der Waals surface area (Å²) in [4.78, 5) is 29.4. The molecular weight excluding hydrogens is 468 g/mol. The maximum absolute atomic E-state index is 12.5. The molecule has 1 unspecified atom stereocenters. The number of hydrogen-bond donors (Lipinski definition) is 1. The molecule has 1 aliphatic rings. The van der Waals surface area contributed by atoms with Crippen molar-refractivity contribution in [2.75, 3.05) is 13.2 Å². The van der Waals surface area contributed by atoms with E-state index in [9.17, 15) is 9.59 Å². The van der Waals surface area contributed by atoms with Gasteiger partial charge in [0.2, 0.25) is 0 Å². The lowest BCUT2D eigenvalue weighted by Gasteiger charge is -2.29. The van der Waals surface area contributed by atoms with E-state index in [0.29, 0.717) is 17.7 Å². The van der Waals surface area contributed by atoms with Gasteiger partial charge in [-0.25, -0.2) is 14.3 Å². The molecule has 2 atom stereocenters. The molecule has 182 valence electrons. The van der Waals surface area contributed by atoms with Gasteiger partial charge < -0.3 is 14.6 Å². The first kappa shape index (κ1) is 23.5. The van der Waals surface area contributed by atoms with Crippen LogP contribution in [-0.2, 0) is 24.8 Å². The summed E-state index contributed by atoms with van der Waals surface area (Å²) in [5.41, 5.74) is 4.65. The number of fused-ring (bicyclic) bond motifs is 1. The number of hydrogen-bond acceptors (Lipinski definition) is 6. The molecule has 1 aliphatic heterocycles. The Hall–Kier alpha value is -3.27. The topological polar surface area (TPSA) is 95.5 Å². The van der Waals surface area contributed by atoms with Gasteiger partial charge >= 0.3 is 5.69 Å². The fraction of sp³-hybridized carbons (Fsp3) is 0.360. The molecule has 4 heterocycles. The zero-order chi connectivity index (χ0) is 24.7. The van der Waals surface area contributed by atoms with Crippen molar-refractivity contribution in [2.24, 2.45) is 7.05 Å². The van der Waals surface area contributed by atoms with Gasteiger partial charge in [0.1, 0.15) is 6.33 Å². The lowest BCUT2D eigenvalue weighted by atomic mass is 9.93. The van der Waals surface area contributed by atoms with Crippen LogP contribution in [0.15, 0.2) is 52.6 Å². The molecular formula is C25H27ClN6O3. The predicted octanol–water partition coefficient (Wildman–Crippen LogP) is 2.19. The van der Waals surface area contributed by atoms with Crippen molar-refractivity contribution in [3.8, 4) is 11.3 Å². The van der Waals surface area contributed by atoms with Gasteiger partial charge in [-0.3, -0.25) is 9.36 Å². The maximum Gasteiger partial charge on any atom is 0.331 e. The molecule has 0 spiro atoms. The van der Waals surface area contributed by atoms with E-state index >= 15 is 0 Å². The second-order valence-electron chi connectivity index (χ2n) is 9.14. The predicted molar refractivity (Wildman–Crippen MR) is 134 cm³/mol. The number of aryl methyl sites for hydroxylation is 2. The average Bonchev–Trinajstić information content (AvgIpc) is 3.25. The molecule has 1 saturated heterocycles. The minimum absolute atomic E-state index is 0.0474. The van der Waals surface area contributed by atoms with Gasteiger partial charge in [0, 0.05) is 55.1 Å². The van der Waals surface area contributed by atoms with Crippen LogP contribution in [0.25, 0.3) is 16.8 Å². The number of aromatic nitrogens is 5. The smallest absolute Gasteiger partial charge is 0.331 e. The van der Waals surface area contributed by atoms with Crippen molar-refractivity contribution in [1.82, 2.24) is 29.0 Å². The molecule has 1 fully saturated rings. The molecule has 5 rings (SSSR count). The van der Waals surface area contributed by atoms with E-state index < -0.39 is 0 Å². The van der Waals surface area contributed by atoms with E-state index in [1.807, 2.05) is 31.3 Å². The first-order valence-corrected chi connectivity index (χ1v) is 11.9. The van der Waals surface area contributed by atoms with Crippen LogP contribution < -0.4 is 16.6 Å². The fourth-order valence-electron chi connectivity index (χ4n) is 4.56. The number of rotatable bonds is 5. The Kier molecular flexibility index (Phi) is 6.31. The van der Waals surface area contributed by atoms with E-state index in [-0.39, 0.29) is 23.9 Å². The highest BCUT2D eigenvalue weighted by Crippen LogP contribution is 2.33. The second kappa shape index (κ2) is 9.41. The van der Waals surface area contributed by atoms with Gasteiger partial charge in [-0.05, 0) is 48.7 Å². The molecule has 0 bridgehead atoms. The van der Waals surface area contributed by atoms with Crippen molar-refractivity contribution in [2.45, 2.75) is 39.0 Å². The van der Waals surface area contributed by atoms with E-state index in [4.69, 9.17) is 16.3 Å². The zero-order valence-electron chi connectivity index (χ0n) is 19.9. The molecule has 0 amide bonds. The Balaban J connectivity index is 1.57. The van der Waals surface area contributed by atoms with Crippen LogP contribution in [0.1, 0.15) is 23.6 Å². The number of halogens is 1. The second-order valence-corrected chi connectivity index (χ2v) is 9.57. The molecule has 10 heteroatoms. The highest BCUT2D eigenvalue weighted by atomic mass is 35.5. The van der Waals surface area contributed by atoms with Crippen molar-refractivity contribution in [1.29, 1.82) is 0 Å². The number of ether oxygens (including phenoxy) is 1. The van der Waals surface area contributed by atoms with E-state index in [1.54, 1.807) is 11.6 Å². The minimum atomic E-state index is -0.373. The summed E-state index contributed by atoms with van der Waals surface area (Å²) in [7, 11) is 1.62. The third-order valence-corrected chi connectivity index (χ3v) is 6.66. The molecule has 3 aromatic heterocycles. The van der Waals surface area contributed by atoms with Gasteiger partial charge in [0.25, 0.3) is 5.56 Å². The fourth-order valence-corrected chi connectivity index (χ4v) is 4.84. The Bertz CT molecular complexity index is 1510. The van der Waals surface area contributed by atoms with Gasteiger partial charge in [-0.2, -0.15) is 5.10 Å². The van der Waals surface area contributed by atoms with Gasteiger partial charge in [0.05, 0.1) is 30.5 Å². The summed E-state index contributed by atoms with van der Waals surface area (Å²) in [6.07, 6.45) is 5.55. The van der Waals surface area contributed by atoms with Crippen LogP contribution in [-0.4, -0.2) is 49.0 Å². The number of benzene rings is 1. The van der Waals surface area contributed by atoms with Gasteiger partial charge in [-0.1, -0.05) is 11.6 Å². The highest BCUT2D eigenvalue weighted by molar-refractivity contribution is 6.31. The van der Waals surface area contributed by atoms with Crippen LogP contribution in [0.4, 0.5) is 0 Å². The third-order valence-electron chi connectivity index (χ3n) is 6.44. The normalized spacial score (nSPS) is 18.3. The number of nitrogens with one attached hydrogen (secondary N) is 1. The van der Waals surface area contributed by atoms with Gasteiger partial charge in [-0.15, -0.1) is 0 Å². The first-order chi connectivity index (χ1) is 16.8. The summed E-state index contributed by atoms with van der Waals surface area (Å²) in [5.74, 6) is 0. The highest BCUT2D eigenvalue weighted by Gasteiger charge is 2.23. The lowest BCUT2D eigenvalue weighted by molar-refractivity contribution is 0.00880. The molecule has 0 aliphatic carbocycles. The van der Waals surface area contributed by atoms with E-state index in [2.05, 4.69) is 22.3 Å². The third kappa shape index (κ3) is 4.67. The Morgan fingerprint density at radius 2 is 2.09 bits per heavy atom. The van der Waals surface area contributed by atoms with Crippen LogP contribution in [0.3, 0.4) is 0 Å². The molecule has 4 aromatic rings. The van der Waals surface area contributed by atoms with Crippen molar-refractivity contribution in [3.05, 3.63) is 85.5 Å². The standard InChI is InChI=1S/C25H27ClN6O3/c1-15-6-18(26)8-21(20(15)9-19-10-27-16(2)13-35-19)24-22-7-17(12-32(22)29-14-28-24)11-31-23(33)4-5-30(3)25(31)34/h4-8,12,14,16,19,27H,9-11,13H2,1-3H3/t16-,19?/m0/s1. The van der Waals surface area contributed by atoms with Crippen LogP contribution in [0.2, 0.25) is 5.02 Å². The van der Waals surface area contributed by atoms with Crippen molar-refractivity contribution < 1.29 is 4.74 Å². The Labute approximate surface area is 206 Å². The van der Waals surface area contributed by atoms with Crippen LogP contribution in [0, 0.1) is 6.92 Å². The SMILES string of the molecule is Cc1cc(Cl)cc(-c2ncnn3cc(Cn4c(=O)ccn(C)c4=O)cc23)c1CC1CN[C@@H](C)CO1. The van der Waals surface area contributed by atoms with Crippen LogP contribution >= 0.6 is 11.6 Å². The summed E-state index contributed by atoms with van der Waals surface area (Å²) in [5, 5.41) is 8.46. The largest absolute Gasteiger partial charge is 0.375 e. The summed E-state index contributed by atoms with van der Waals surface area (Å²) < 4.78 is 10.4. The van der Waals surface area contributed by atoms with Crippen molar-refractivity contribution in [3.63, 3.8) is 0 Å². The van der Waals surface area contributed by atoms with Crippen LogP contribution in [0.5, 0.6) is 0 Å². The molecule has 0 radical (unpaired) electrons. The number of morpholine rings is 1. The van der Waals surface area contributed by atoms with Gasteiger partial charge in [0.15, 0.2) is 0 Å². The monoisotopic (exact) mass is 494 g/mol. The zero-order valence-corrected chi connectivity index (χ0v) is 20.6. The number of nitrogens with zero attached hydrogens (tertiary/aromatic N) is 5. The summed E-state index contributed by atoms with van der Waals surface area (Å²) >= 11 is 6.48. The Morgan fingerprint density at radius 3 is 2.86 bits per heavy atom. The molecule has 1 N–H and O–H groups in total. The summed E-state index contributed by atoms with van der Waals surface area (Å²) in [6.45, 7) is 5.73. The molecule has 0 saturated carbocycles. The Morgan fingerprint density at radius 1 is 1.26 bits per heavy atom. The molecule has 1 aromatic carbocycles. The quantitative estimate of drug-likeness (QED) is 0.457. The van der Waals surface area contributed by atoms with Crippen molar-refractivity contribution >= 4 is 17.1 Å². The maximum atomic E-state index is 12.5. The molecule has 35 heavy (non-hydrogen) atoms. The lowest BCUT2D eigenvalue weighted by Crippen LogP contribution is -2.45. The average molecular weight is 495 g/mol.